The Bertz CT molecular complexity index is 1400. The van der Waals surface area contributed by atoms with Crippen molar-refractivity contribution in [1.29, 1.82) is 0 Å². The molecule has 3 aromatic carbocycles. The summed E-state index contributed by atoms with van der Waals surface area (Å²) >= 11 is 12.3. The van der Waals surface area contributed by atoms with Crippen molar-refractivity contribution in [3.63, 3.8) is 0 Å². The highest BCUT2D eigenvalue weighted by atomic mass is 35.5. The van der Waals surface area contributed by atoms with E-state index in [-0.39, 0.29) is 16.6 Å². The number of amides is 3. The molecule has 1 fully saturated rings. The van der Waals surface area contributed by atoms with Crippen molar-refractivity contribution in [3.05, 3.63) is 99.7 Å². The maximum atomic E-state index is 13.1. The van der Waals surface area contributed by atoms with Gasteiger partial charge in [-0.15, -0.1) is 0 Å². The number of aryl methyl sites for hydroxylation is 1. The molecule has 3 amide bonds. The molecule has 37 heavy (non-hydrogen) atoms. The summed E-state index contributed by atoms with van der Waals surface area (Å²) in [5.74, 6) is -1.25. The quantitative estimate of drug-likeness (QED) is 0.464. The van der Waals surface area contributed by atoms with Crippen molar-refractivity contribution < 1.29 is 14.4 Å². The standard InChI is InChI=1S/C28H24Cl2N4O3/c1-18-7-10-20(29)17-23(18)34-27(36)24(30)25(28(34)37)31-21-11-8-19(9-12-21)26(35)33-15-13-32(14-16-33)22-5-3-2-4-6-22/h2-12,17,31H,13-16H2,1H3. The van der Waals surface area contributed by atoms with Crippen LogP contribution in [0.1, 0.15) is 15.9 Å². The number of nitrogens with one attached hydrogen (secondary N) is 1. The van der Waals surface area contributed by atoms with Crippen LogP contribution in [0.4, 0.5) is 17.1 Å². The first kappa shape index (κ1) is 24.9. The largest absolute Gasteiger partial charge is 0.368 e. The molecule has 1 N–H and O–H groups in total. The minimum absolute atomic E-state index is 0.0258. The number of benzene rings is 3. The first-order chi connectivity index (χ1) is 17.8. The molecule has 2 aliphatic rings. The number of rotatable bonds is 5. The first-order valence-corrected chi connectivity index (χ1v) is 12.6. The van der Waals surface area contributed by atoms with E-state index in [1.807, 2.05) is 23.1 Å². The van der Waals surface area contributed by atoms with Crippen LogP contribution in [-0.4, -0.2) is 48.8 Å². The SMILES string of the molecule is Cc1ccc(Cl)cc1N1C(=O)C(Cl)=C(Nc2ccc(C(=O)N3CCN(c4ccccc4)CC3)cc2)C1=O. The van der Waals surface area contributed by atoms with Crippen LogP contribution in [0.25, 0.3) is 0 Å². The van der Waals surface area contributed by atoms with Crippen LogP contribution < -0.4 is 15.1 Å². The van der Waals surface area contributed by atoms with Crippen LogP contribution in [0.2, 0.25) is 5.02 Å². The predicted octanol–water partition coefficient (Wildman–Crippen LogP) is 5.05. The fourth-order valence-corrected chi connectivity index (χ4v) is 4.86. The predicted molar refractivity (Wildman–Crippen MR) is 146 cm³/mol. The number of carbonyl (C=O) groups excluding carboxylic acids is 3. The van der Waals surface area contributed by atoms with Gasteiger partial charge in [-0.05, 0) is 61.0 Å². The summed E-state index contributed by atoms with van der Waals surface area (Å²) in [5.41, 5.74) is 3.30. The minimum atomic E-state index is -0.624. The number of halogens is 2. The maximum absolute atomic E-state index is 13.1. The van der Waals surface area contributed by atoms with Gasteiger partial charge in [-0.1, -0.05) is 47.5 Å². The fraction of sp³-hybridized carbons (Fsp3) is 0.179. The molecule has 7 nitrogen and oxygen atoms in total. The molecule has 0 spiro atoms. The highest BCUT2D eigenvalue weighted by molar-refractivity contribution is 6.53. The van der Waals surface area contributed by atoms with Crippen molar-refractivity contribution >= 4 is 58.0 Å². The van der Waals surface area contributed by atoms with Crippen molar-refractivity contribution in [1.82, 2.24) is 4.90 Å². The number of nitrogens with zero attached hydrogens (tertiary/aromatic N) is 3. The molecule has 0 saturated carbocycles. The number of piperazine rings is 1. The maximum Gasteiger partial charge on any atom is 0.283 e. The zero-order chi connectivity index (χ0) is 26.1. The van der Waals surface area contributed by atoms with E-state index in [4.69, 9.17) is 23.2 Å². The fourth-order valence-electron chi connectivity index (χ4n) is 4.48. The Balaban J connectivity index is 1.25. The third-order valence-electron chi connectivity index (χ3n) is 6.53. The highest BCUT2D eigenvalue weighted by Gasteiger charge is 2.39. The number of hydrogen-bond donors (Lipinski definition) is 1. The van der Waals surface area contributed by atoms with E-state index in [0.29, 0.717) is 40.6 Å². The van der Waals surface area contributed by atoms with Crippen molar-refractivity contribution in [2.45, 2.75) is 6.92 Å². The van der Waals surface area contributed by atoms with Gasteiger partial charge < -0.3 is 15.1 Å². The van der Waals surface area contributed by atoms with E-state index in [9.17, 15) is 14.4 Å². The number of hydrogen-bond acceptors (Lipinski definition) is 5. The van der Waals surface area contributed by atoms with Gasteiger partial charge in [0.15, 0.2) is 0 Å². The Morgan fingerprint density at radius 3 is 2.19 bits per heavy atom. The van der Waals surface area contributed by atoms with E-state index >= 15 is 0 Å². The second-order valence-corrected chi connectivity index (χ2v) is 9.70. The summed E-state index contributed by atoms with van der Waals surface area (Å²) in [6, 6.07) is 21.9. The third-order valence-corrected chi connectivity index (χ3v) is 7.11. The second-order valence-electron chi connectivity index (χ2n) is 8.88. The molecule has 188 valence electrons. The van der Waals surface area contributed by atoms with Gasteiger partial charge in [-0.25, -0.2) is 4.90 Å². The van der Waals surface area contributed by atoms with Crippen molar-refractivity contribution in [3.8, 4) is 0 Å². The lowest BCUT2D eigenvalue weighted by atomic mass is 10.1. The molecule has 2 aliphatic heterocycles. The normalized spacial score (nSPS) is 16.0. The molecule has 0 unspecified atom stereocenters. The van der Waals surface area contributed by atoms with E-state index in [0.717, 1.165) is 23.7 Å². The van der Waals surface area contributed by atoms with Gasteiger partial charge in [0.25, 0.3) is 17.7 Å². The van der Waals surface area contributed by atoms with Crippen LogP contribution in [0, 0.1) is 6.92 Å². The minimum Gasteiger partial charge on any atom is -0.368 e. The van der Waals surface area contributed by atoms with Crippen molar-refractivity contribution in [2.75, 3.05) is 41.3 Å². The smallest absolute Gasteiger partial charge is 0.283 e. The molecule has 0 radical (unpaired) electrons. The van der Waals surface area contributed by atoms with Gasteiger partial charge >= 0.3 is 0 Å². The van der Waals surface area contributed by atoms with Gasteiger partial charge in [0.2, 0.25) is 0 Å². The molecule has 0 aliphatic carbocycles. The Morgan fingerprint density at radius 1 is 0.838 bits per heavy atom. The molecule has 5 rings (SSSR count). The van der Waals surface area contributed by atoms with Crippen molar-refractivity contribution in [2.24, 2.45) is 0 Å². The summed E-state index contributed by atoms with van der Waals surface area (Å²) in [4.78, 5) is 44.1. The Kier molecular flexibility index (Phi) is 6.91. The zero-order valence-corrected chi connectivity index (χ0v) is 21.6. The number of para-hydroxylation sites is 1. The average Bonchev–Trinajstić information content (AvgIpc) is 3.13. The van der Waals surface area contributed by atoms with Crippen LogP contribution in [0.5, 0.6) is 0 Å². The molecule has 3 aromatic rings. The lowest BCUT2D eigenvalue weighted by Gasteiger charge is -2.36. The average molecular weight is 535 g/mol. The summed E-state index contributed by atoms with van der Waals surface area (Å²) < 4.78 is 0. The molecule has 1 saturated heterocycles. The number of imide groups is 1. The van der Waals surface area contributed by atoms with Crippen LogP contribution in [0.3, 0.4) is 0 Å². The summed E-state index contributed by atoms with van der Waals surface area (Å²) in [7, 11) is 0. The molecule has 0 aromatic heterocycles. The topological polar surface area (TPSA) is 73.0 Å². The van der Waals surface area contributed by atoms with Gasteiger partial charge in [-0.3, -0.25) is 14.4 Å². The lowest BCUT2D eigenvalue weighted by molar-refractivity contribution is -0.120. The molecular formula is C28H24Cl2N4O3. The highest BCUT2D eigenvalue weighted by Crippen LogP contribution is 2.33. The monoisotopic (exact) mass is 534 g/mol. The molecular weight excluding hydrogens is 511 g/mol. The second kappa shape index (κ2) is 10.3. The Labute approximate surface area is 224 Å². The summed E-state index contributed by atoms with van der Waals surface area (Å²) in [6.07, 6.45) is 0. The molecule has 2 heterocycles. The lowest BCUT2D eigenvalue weighted by Crippen LogP contribution is -2.48. The third kappa shape index (κ3) is 4.92. The Morgan fingerprint density at radius 2 is 1.51 bits per heavy atom. The van der Waals surface area contributed by atoms with E-state index in [2.05, 4.69) is 22.3 Å². The molecule has 9 heteroatoms. The zero-order valence-electron chi connectivity index (χ0n) is 20.1. The summed E-state index contributed by atoms with van der Waals surface area (Å²) in [5, 5.41) is 3.14. The Hall–Kier alpha value is -3.81. The van der Waals surface area contributed by atoms with E-state index < -0.39 is 11.8 Å². The van der Waals surface area contributed by atoms with Crippen LogP contribution in [-0.2, 0) is 9.59 Å². The van der Waals surface area contributed by atoms with Crippen LogP contribution >= 0.6 is 23.2 Å². The summed E-state index contributed by atoms with van der Waals surface area (Å²) in [6.45, 7) is 4.57. The van der Waals surface area contributed by atoms with Gasteiger partial charge in [0.05, 0.1) is 5.69 Å². The van der Waals surface area contributed by atoms with Gasteiger partial charge in [0.1, 0.15) is 10.7 Å². The molecule has 0 bridgehead atoms. The van der Waals surface area contributed by atoms with E-state index in [1.54, 1.807) is 49.4 Å². The van der Waals surface area contributed by atoms with Crippen LogP contribution in [0.15, 0.2) is 83.5 Å². The number of carbonyl (C=O) groups is 3. The van der Waals surface area contributed by atoms with Gasteiger partial charge in [0, 0.05) is 48.1 Å². The number of anilines is 3. The van der Waals surface area contributed by atoms with Gasteiger partial charge in [-0.2, -0.15) is 0 Å². The first-order valence-electron chi connectivity index (χ1n) is 11.8. The van der Waals surface area contributed by atoms with E-state index in [1.165, 1.54) is 0 Å². The molecule has 0 atom stereocenters.